The molecule has 0 fully saturated rings. The first-order valence-corrected chi connectivity index (χ1v) is 12.6. The number of benzene rings is 3. The number of imidazole rings is 1. The van der Waals surface area contributed by atoms with Crippen molar-refractivity contribution in [2.45, 2.75) is 23.4 Å². The van der Waals surface area contributed by atoms with Crippen LogP contribution in [0.3, 0.4) is 0 Å². The van der Waals surface area contributed by atoms with Crippen LogP contribution in [-0.4, -0.2) is 35.6 Å². The van der Waals surface area contributed by atoms with Gasteiger partial charge in [-0.3, -0.25) is 4.79 Å². The molecule has 0 unspecified atom stereocenters. The molecule has 0 radical (unpaired) electrons. The summed E-state index contributed by atoms with van der Waals surface area (Å²) in [5, 5.41) is 3.15. The van der Waals surface area contributed by atoms with E-state index in [2.05, 4.69) is 10.3 Å². The number of aryl methyl sites for hydroxylation is 1. The minimum absolute atomic E-state index is 0.0710. The average Bonchev–Trinajstić information content (AvgIpc) is 3.18. The summed E-state index contributed by atoms with van der Waals surface area (Å²) in [4.78, 5) is 17.0. The van der Waals surface area contributed by atoms with E-state index in [1.54, 1.807) is 42.5 Å². The summed E-state index contributed by atoms with van der Waals surface area (Å²) in [7, 11) is -3.87. The van der Waals surface area contributed by atoms with Crippen molar-refractivity contribution >= 4 is 38.7 Å². The van der Waals surface area contributed by atoms with E-state index in [-0.39, 0.29) is 21.7 Å². The second-order valence-electron chi connectivity index (χ2n) is 7.34. The third-order valence-electron chi connectivity index (χ3n) is 4.96. The number of rotatable bonds is 8. The first kappa shape index (κ1) is 22.1. The quantitative estimate of drug-likeness (QED) is 0.397. The predicted octanol–water partition coefficient (Wildman–Crippen LogP) is 4.03. The molecule has 1 amide bonds. The van der Waals surface area contributed by atoms with E-state index in [1.165, 1.54) is 3.97 Å². The van der Waals surface area contributed by atoms with Crippen LogP contribution in [0, 0.1) is 6.92 Å². The normalized spacial score (nSPS) is 11.5. The van der Waals surface area contributed by atoms with Gasteiger partial charge in [0.15, 0.2) is 5.16 Å². The smallest absolute Gasteiger partial charge is 0.270 e. The van der Waals surface area contributed by atoms with Gasteiger partial charge in [0, 0.05) is 6.54 Å². The zero-order chi connectivity index (χ0) is 22.6. The van der Waals surface area contributed by atoms with Gasteiger partial charge in [-0.1, -0.05) is 71.9 Å². The van der Waals surface area contributed by atoms with Gasteiger partial charge in [0.2, 0.25) is 5.91 Å². The molecule has 0 aliphatic rings. The van der Waals surface area contributed by atoms with Crippen molar-refractivity contribution in [1.29, 1.82) is 0 Å². The largest absolute Gasteiger partial charge is 0.355 e. The summed E-state index contributed by atoms with van der Waals surface area (Å²) < 4.78 is 28.1. The van der Waals surface area contributed by atoms with Crippen LogP contribution >= 0.6 is 11.8 Å². The molecule has 6 nitrogen and oxygen atoms in total. The van der Waals surface area contributed by atoms with Gasteiger partial charge < -0.3 is 5.32 Å². The summed E-state index contributed by atoms with van der Waals surface area (Å²) in [6.45, 7) is 2.42. The fourth-order valence-corrected chi connectivity index (χ4v) is 5.84. The summed E-state index contributed by atoms with van der Waals surface area (Å²) in [5.41, 5.74) is 3.17. The molecule has 1 N–H and O–H groups in total. The molecule has 1 heterocycles. The molecule has 0 aliphatic heterocycles. The second-order valence-corrected chi connectivity index (χ2v) is 10.1. The monoisotopic (exact) mass is 465 g/mol. The maximum absolute atomic E-state index is 13.4. The van der Waals surface area contributed by atoms with Crippen molar-refractivity contribution in [3.8, 4) is 0 Å². The van der Waals surface area contributed by atoms with Crippen molar-refractivity contribution in [1.82, 2.24) is 14.3 Å². The van der Waals surface area contributed by atoms with Crippen molar-refractivity contribution in [3.63, 3.8) is 0 Å². The Morgan fingerprint density at radius 3 is 2.41 bits per heavy atom. The lowest BCUT2D eigenvalue weighted by Crippen LogP contribution is -2.27. The SMILES string of the molecule is Cc1ccc(S(=O)(=O)n2c(SCC(=O)NCCc3ccccc3)nc3ccccc32)cc1. The second kappa shape index (κ2) is 9.58. The standard InChI is InChI=1S/C24H23N3O3S2/c1-18-11-13-20(14-12-18)32(29,30)27-22-10-6-5-9-21(22)26-24(27)31-17-23(28)25-16-15-19-7-3-2-4-8-19/h2-14H,15-17H2,1H3,(H,25,28). The Hall–Kier alpha value is -3.10. The summed E-state index contributed by atoms with van der Waals surface area (Å²) in [6.07, 6.45) is 0.734. The summed E-state index contributed by atoms with van der Waals surface area (Å²) >= 11 is 1.11. The lowest BCUT2D eigenvalue weighted by atomic mass is 10.1. The highest BCUT2D eigenvalue weighted by Crippen LogP contribution is 2.29. The van der Waals surface area contributed by atoms with Gasteiger partial charge in [0.05, 0.1) is 21.7 Å². The number of hydrogen-bond acceptors (Lipinski definition) is 5. The van der Waals surface area contributed by atoms with E-state index in [0.29, 0.717) is 17.6 Å². The molecule has 32 heavy (non-hydrogen) atoms. The number of thioether (sulfide) groups is 1. The number of hydrogen-bond donors (Lipinski definition) is 1. The minimum atomic E-state index is -3.87. The van der Waals surface area contributed by atoms with Crippen LogP contribution in [0.25, 0.3) is 11.0 Å². The van der Waals surface area contributed by atoms with Crippen molar-refractivity contribution in [2.24, 2.45) is 0 Å². The maximum atomic E-state index is 13.4. The Balaban J connectivity index is 1.53. The molecule has 4 aromatic rings. The molecule has 8 heteroatoms. The number of nitrogens with zero attached hydrogens (tertiary/aromatic N) is 2. The van der Waals surface area contributed by atoms with E-state index in [4.69, 9.17) is 0 Å². The van der Waals surface area contributed by atoms with E-state index < -0.39 is 10.0 Å². The number of fused-ring (bicyclic) bond motifs is 1. The number of amides is 1. The van der Waals surface area contributed by atoms with Gasteiger partial charge in [0.1, 0.15) is 0 Å². The first-order valence-electron chi connectivity index (χ1n) is 10.2. The molecule has 0 spiro atoms. The van der Waals surface area contributed by atoms with Gasteiger partial charge in [-0.25, -0.2) is 17.4 Å². The zero-order valence-corrected chi connectivity index (χ0v) is 19.2. The molecule has 4 rings (SSSR count). The third-order valence-corrected chi connectivity index (χ3v) is 7.73. The van der Waals surface area contributed by atoms with Crippen LogP contribution in [0.15, 0.2) is 88.9 Å². The van der Waals surface area contributed by atoms with Crippen LogP contribution in [0.2, 0.25) is 0 Å². The van der Waals surface area contributed by atoms with Gasteiger partial charge in [-0.05, 0) is 43.2 Å². The molecular formula is C24H23N3O3S2. The Morgan fingerprint density at radius 2 is 1.66 bits per heavy atom. The number of carbonyl (C=O) groups excluding carboxylic acids is 1. The maximum Gasteiger partial charge on any atom is 0.270 e. The number of carbonyl (C=O) groups is 1. The van der Waals surface area contributed by atoms with Crippen molar-refractivity contribution < 1.29 is 13.2 Å². The van der Waals surface area contributed by atoms with E-state index >= 15 is 0 Å². The van der Waals surface area contributed by atoms with Gasteiger partial charge in [-0.15, -0.1) is 0 Å². The van der Waals surface area contributed by atoms with Crippen LogP contribution < -0.4 is 5.32 Å². The molecule has 0 atom stereocenters. The summed E-state index contributed by atoms with van der Waals surface area (Å²) in [6, 6.07) is 23.7. The van der Waals surface area contributed by atoms with Crippen molar-refractivity contribution in [3.05, 3.63) is 90.0 Å². The number of aromatic nitrogens is 2. The fourth-order valence-electron chi connectivity index (χ4n) is 3.29. The van der Waals surface area contributed by atoms with Crippen LogP contribution in [-0.2, 0) is 21.2 Å². The lowest BCUT2D eigenvalue weighted by molar-refractivity contribution is -0.118. The fraction of sp³-hybridized carbons (Fsp3) is 0.167. The Bertz CT molecular complexity index is 1330. The number of nitrogens with one attached hydrogen (secondary N) is 1. The molecular weight excluding hydrogens is 442 g/mol. The minimum Gasteiger partial charge on any atom is -0.355 e. The molecule has 1 aromatic heterocycles. The molecule has 3 aromatic carbocycles. The van der Waals surface area contributed by atoms with Crippen LogP contribution in [0.1, 0.15) is 11.1 Å². The zero-order valence-electron chi connectivity index (χ0n) is 17.6. The Kier molecular flexibility index (Phi) is 6.62. The van der Waals surface area contributed by atoms with Crippen LogP contribution in [0.5, 0.6) is 0 Å². The highest BCUT2D eigenvalue weighted by molar-refractivity contribution is 8.00. The topological polar surface area (TPSA) is 81.1 Å². The molecule has 164 valence electrons. The lowest BCUT2D eigenvalue weighted by Gasteiger charge is -2.11. The average molecular weight is 466 g/mol. The molecule has 0 aliphatic carbocycles. The van der Waals surface area contributed by atoms with E-state index in [0.717, 1.165) is 29.3 Å². The van der Waals surface area contributed by atoms with Crippen molar-refractivity contribution in [2.75, 3.05) is 12.3 Å². The number of para-hydroxylation sites is 2. The Labute approximate surface area is 191 Å². The van der Waals surface area contributed by atoms with Crippen LogP contribution in [0.4, 0.5) is 0 Å². The third kappa shape index (κ3) is 4.87. The molecule has 0 saturated carbocycles. The first-order chi connectivity index (χ1) is 15.4. The molecule has 0 saturated heterocycles. The highest BCUT2D eigenvalue weighted by atomic mass is 32.2. The van der Waals surface area contributed by atoms with Gasteiger partial charge >= 0.3 is 0 Å². The van der Waals surface area contributed by atoms with Gasteiger partial charge in [-0.2, -0.15) is 0 Å². The molecule has 0 bridgehead atoms. The van der Waals surface area contributed by atoms with E-state index in [1.807, 2.05) is 43.3 Å². The van der Waals surface area contributed by atoms with Gasteiger partial charge in [0.25, 0.3) is 10.0 Å². The highest BCUT2D eigenvalue weighted by Gasteiger charge is 2.25. The summed E-state index contributed by atoms with van der Waals surface area (Å²) in [5.74, 6) is -0.0982. The van der Waals surface area contributed by atoms with E-state index in [9.17, 15) is 13.2 Å². The Morgan fingerprint density at radius 1 is 0.969 bits per heavy atom. The predicted molar refractivity (Wildman–Crippen MR) is 127 cm³/mol.